The molecule has 0 rings (SSSR count). The Bertz CT molecular complexity index is 29.5. The molecule has 0 aliphatic carbocycles. The summed E-state index contributed by atoms with van der Waals surface area (Å²) in [6.45, 7) is 0. The fourth-order valence-corrected chi connectivity index (χ4v) is 0. The zero-order chi connectivity index (χ0) is 4.50. The smallest absolute Gasteiger partial charge is 1.00 e. The van der Waals surface area contributed by atoms with Gasteiger partial charge < -0.3 is 20.6 Å². The predicted octanol–water partition coefficient (Wildman–Crippen LogP) is -6.94. The van der Waals surface area contributed by atoms with E-state index in [4.69, 9.17) is 19.2 Å². The molecule has 7 heteroatoms. The fourth-order valence-electron chi connectivity index (χ4n) is 0. The molecular weight excluding hydrogens is 143 g/mol. The summed E-state index contributed by atoms with van der Waals surface area (Å²) in [5.41, 5.74) is 0. The Labute approximate surface area is 70.1 Å². The molecule has 0 amide bonds. The maximum absolute atomic E-state index is 7.33. The standard InChI is InChI=1S/Na.H4O4Si.H4Si.H/c;1-5(2,3)4;;/h;1-4H;1H4;/q+1;;;-1. The summed E-state index contributed by atoms with van der Waals surface area (Å²) in [5.74, 6) is 0. The summed E-state index contributed by atoms with van der Waals surface area (Å²) >= 11 is 0. The Morgan fingerprint density at radius 1 is 1.00 bits per heavy atom. The number of rotatable bonds is 0. The van der Waals surface area contributed by atoms with Crippen molar-refractivity contribution in [1.29, 1.82) is 0 Å². The summed E-state index contributed by atoms with van der Waals surface area (Å²) in [7, 11) is -4.61. The van der Waals surface area contributed by atoms with Crippen molar-refractivity contribution in [2.24, 2.45) is 0 Å². The zero-order valence-corrected chi connectivity index (χ0v) is 6.29. The summed E-state index contributed by atoms with van der Waals surface area (Å²) in [6, 6.07) is 0. The van der Waals surface area contributed by atoms with Gasteiger partial charge in [0.25, 0.3) is 0 Å². The molecule has 4 nitrogen and oxygen atoms in total. The Morgan fingerprint density at radius 2 is 1.00 bits per heavy atom. The van der Waals surface area contributed by atoms with Crippen molar-refractivity contribution in [1.82, 2.24) is 0 Å². The first-order chi connectivity index (χ1) is 2.00. The van der Waals surface area contributed by atoms with E-state index in [1.165, 1.54) is 0 Å². The van der Waals surface area contributed by atoms with Crippen molar-refractivity contribution in [3.63, 3.8) is 0 Å². The van der Waals surface area contributed by atoms with Crippen LogP contribution in [0.5, 0.6) is 0 Å². The maximum Gasteiger partial charge on any atom is 1.00 e. The SMILES string of the molecule is O[Si](O)(O)O.[H-].[Na+].[SiH4]. The first-order valence-electron chi connectivity index (χ1n) is 0.894. The minimum atomic E-state index is -4.61. The minimum Gasteiger partial charge on any atom is -1.00 e. The molecule has 0 spiro atoms. The molecule has 42 valence electrons. The zero-order valence-electron chi connectivity index (χ0n) is 4.29. The maximum atomic E-state index is 7.33. The molecule has 0 fully saturated rings. The van der Waals surface area contributed by atoms with Crippen LogP contribution in [0.1, 0.15) is 1.43 Å². The second kappa shape index (κ2) is 5.41. The Kier molecular flexibility index (Phi) is 12.2. The van der Waals surface area contributed by atoms with Gasteiger partial charge in [-0.15, -0.1) is 0 Å². The number of hydrogen-bond donors (Lipinski definition) is 4. The summed E-state index contributed by atoms with van der Waals surface area (Å²) in [4.78, 5) is 29.3. The third-order valence-electron chi connectivity index (χ3n) is 0. The van der Waals surface area contributed by atoms with Crippen LogP contribution in [0.25, 0.3) is 0 Å². The number of hydrogen-bond acceptors (Lipinski definition) is 4. The molecule has 0 saturated heterocycles. The second-order valence-electron chi connectivity index (χ2n) is 0.600. The van der Waals surface area contributed by atoms with Gasteiger partial charge in [0, 0.05) is 0 Å². The molecule has 0 atom stereocenters. The molecule has 0 aromatic carbocycles. The van der Waals surface area contributed by atoms with Crippen molar-refractivity contribution < 1.29 is 50.2 Å². The van der Waals surface area contributed by atoms with Gasteiger partial charge in [-0.05, 0) is 11.0 Å². The topological polar surface area (TPSA) is 80.9 Å². The molecule has 0 aromatic heterocycles. The monoisotopic (exact) mass is 152 g/mol. The minimum absolute atomic E-state index is 0. The van der Waals surface area contributed by atoms with Crippen LogP contribution in [0.15, 0.2) is 0 Å². The molecule has 0 radical (unpaired) electrons. The van der Waals surface area contributed by atoms with E-state index in [0.717, 1.165) is 0 Å². The van der Waals surface area contributed by atoms with E-state index in [9.17, 15) is 0 Å². The molecule has 0 saturated carbocycles. The molecule has 0 heterocycles. The normalized spacial score (nSPS) is 8.57. The van der Waals surface area contributed by atoms with E-state index in [0.29, 0.717) is 0 Å². The van der Waals surface area contributed by atoms with Gasteiger partial charge in [0.05, 0.1) is 0 Å². The van der Waals surface area contributed by atoms with Crippen LogP contribution in [0, 0.1) is 0 Å². The molecule has 4 N–H and O–H groups in total. The van der Waals surface area contributed by atoms with Crippen LogP contribution in [-0.4, -0.2) is 39.2 Å². The van der Waals surface area contributed by atoms with E-state index in [1.807, 2.05) is 0 Å². The largest absolute Gasteiger partial charge is 1.00 e. The van der Waals surface area contributed by atoms with E-state index in [2.05, 4.69) is 0 Å². The molecule has 0 aliphatic heterocycles. The van der Waals surface area contributed by atoms with Crippen LogP contribution in [0.4, 0.5) is 0 Å². The van der Waals surface area contributed by atoms with Crippen molar-refractivity contribution in [3.8, 4) is 0 Å². The van der Waals surface area contributed by atoms with Crippen LogP contribution >= 0.6 is 0 Å². The first kappa shape index (κ1) is 15.7. The van der Waals surface area contributed by atoms with Crippen LogP contribution < -0.4 is 29.6 Å². The van der Waals surface area contributed by atoms with Crippen LogP contribution in [0.2, 0.25) is 0 Å². The van der Waals surface area contributed by atoms with E-state index in [-0.39, 0.29) is 41.9 Å². The van der Waals surface area contributed by atoms with Gasteiger partial charge in [-0.1, -0.05) is 0 Å². The Hall–Kier alpha value is 1.27. The predicted molar refractivity (Wildman–Crippen MR) is 27.1 cm³/mol. The van der Waals surface area contributed by atoms with Crippen molar-refractivity contribution in [3.05, 3.63) is 0 Å². The van der Waals surface area contributed by atoms with Gasteiger partial charge in [-0.25, -0.2) is 0 Å². The molecule has 0 unspecified atom stereocenters. The first-order valence-corrected chi connectivity index (χ1v) is 2.68. The van der Waals surface area contributed by atoms with Gasteiger partial charge in [-0.2, -0.15) is 0 Å². The molecule has 0 bridgehead atoms. The quantitative estimate of drug-likeness (QED) is 0.260. The van der Waals surface area contributed by atoms with E-state index in [1.54, 1.807) is 0 Å². The van der Waals surface area contributed by atoms with E-state index >= 15 is 0 Å². The molecule has 7 heavy (non-hydrogen) atoms. The molecule has 0 aromatic rings. The van der Waals surface area contributed by atoms with Gasteiger partial charge in [0.1, 0.15) is 0 Å². The van der Waals surface area contributed by atoms with Crippen LogP contribution in [0.3, 0.4) is 0 Å². The molecular formula is H9NaO4Si2. The van der Waals surface area contributed by atoms with Gasteiger partial charge >= 0.3 is 38.6 Å². The second-order valence-corrected chi connectivity index (χ2v) is 1.80. The van der Waals surface area contributed by atoms with E-state index < -0.39 is 9.05 Å². The Balaban J connectivity index is -0.0000000267. The van der Waals surface area contributed by atoms with Crippen molar-refractivity contribution in [2.45, 2.75) is 0 Å². The van der Waals surface area contributed by atoms with Gasteiger partial charge in [0.2, 0.25) is 0 Å². The summed E-state index contributed by atoms with van der Waals surface area (Å²) < 4.78 is 0. The third kappa shape index (κ3) is 125. The summed E-state index contributed by atoms with van der Waals surface area (Å²) in [6.07, 6.45) is 0. The Morgan fingerprint density at radius 3 is 1.00 bits per heavy atom. The van der Waals surface area contributed by atoms with Gasteiger partial charge in [0.15, 0.2) is 0 Å². The average molecular weight is 152 g/mol. The summed E-state index contributed by atoms with van der Waals surface area (Å²) in [5, 5.41) is 0. The average Bonchev–Trinajstić information content (AvgIpc) is 0.722. The van der Waals surface area contributed by atoms with Crippen molar-refractivity contribution >= 4 is 20.0 Å². The fraction of sp³-hybridized carbons (Fsp3) is 0. The molecule has 0 aliphatic rings. The third-order valence-corrected chi connectivity index (χ3v) is 0. The van der Waals surface area contributed by atoms with Gasteiger partial charge in [-0.3, -0.25) is 0 Å². The van der Waals surface area contributed by atoms with Crippen molar-refractivity contribution in [2.75, 3.05) is 0 Å². The van der Waals surface area contributed by atoms with Crippen LogP contribution in [-0.2, 0) is 0 Å².